The average Bonchev–Trinajstić information content (AvgIpc) is 2.86. The second kappa shape index (κ2) is 9.60. The van der Waals surface area contributed by atoms with E-state index in [0.29, 0.717) is 24.2 Å². The summed E-state index contributed by atoms with van der Waals surface area (Å²) in [4.78, 5) is 28.5. The van der Waals surface area contributed by atoms with Gasteiger partial charge >= 0.3 is 5.97 Å². The third-order valence-electron chi connectivity index (χ3n) is 7.08. The number of aliphatic hydroxyl groups is 1. The van der Waals surface area contributed by atoms with Gasteiger partial charge in [-0.1, -0.05) is 54.6 Å². The number of benzene rings is 3. The number of fused-ring (bicyclic) bond motifs is 1. The smallest absolute Gasteiger partial charge is 0.337 e. The molecule has 0 unspecified atom stereocenters. The first kappa shape index (κ1) is 23.2. The van der Waals surface area contributed by atoms with Crippen LogP contribution in [0, 0.1) is 5.82 Å². The highest BCUT2D eigenvalue weighted by molar-refractivity contribution is 5.89. The van der Waals surface area contributed by atoms with Crippen molar-refractivity contribution in [1.29, 1.82) is 0 Å². The van der Waals surface area contributed by atoms with E-state index in [4.69, 9.17) is 4.74 Å². The zero-order chi connectivity index (χ0) is 24.5. The first-order chi connectivity index (χ1) is 17.0. The summed E-state index contributed by atoms with van der Waals surface area (Å²) in [6.45, 7) is 1.45. The molecule has 7 heteroatoms. The molecule has 6 nitrogen and oxygen atoms in total. The number of hydrogen-bond acceptors (Lipinski definition) is 5. The number of esters is 1. The zero-order valence-electron chi connectivity index (χ0n) is 19.4. The van der Waals surface area contributed by atoms with Crippen molar-refractivity contribution in [3.63, 3.8) is 0 Å². The molecular weight excluding hydrogens is 447 g/mol. The van der Waals surface area contributed by atoms with Crippen LogP contribution >= 0.6 is 0 Å². The third kappa shape index (κ3) is 4.33. The minimum Gasteiger partial charge on any atom is -0.465 e. The molecule has 2 heterocycles. The Hall–Kier alpha value is -3.55. The molecule has 1 amide bonds. The van der Waals surface area contributed by atoms with Crippen LogP contribution in [0.3, 0.4) is 0 Å². The Kier molecular flexibility index (Phi) is 6.36. The summed E-state index contributed by atoms with van der Waals surface area (Å²) in [6, 6.07) is 21.3. The summed E-state index contributed by atoms with van der Waals surface area (Å²) in [5.74, 6) is -0.640. The quantitative estimate of drug-likeness (QED) is 0.555. The molecule has 2 fully saturated rings. The lowest BCUT2D eigenvalue weighted by Crippen LogP contribution is -2.72. The van der Waals surface area contributed by atoms with Crippen LogP contribution in [0.4, 0.5) is 4.39 Å². The first-order valence-electron chi connectivity index (χ1n) is 11.7. The molecule has 0 aromatic heterocycles. The maximum Gasteiger partial charge on any atom is 0.337 e. The van der Waals surface area contributed by atoms with E-state index in [1.165, 1.54) is 13.2 Å². The number of methoxy groups -OCH3 is 1. The highest BCUT2D eigenvalue weighted by Gasteiger charge is 2.53. The van der Waals surface area contributed by atoms with Gasteiger partial charge in [-0.05, 0) is 34.9 Å². The zero-order valence-corrected chi connectivity index (χ0v) is 19.4. The summed E-state index contributed by atoms with van der Waals surface area (Å²) in [5, 5.41) is 10.0. The van der Waals surface area contributed by atoms with Crippen molar-refractivity contribution in [3.05, 3.63) is 95.3 Å². The lowest BCUT2D eigenvalue weighted by Gasteiger charge is -2.59. The molecule has 35 heavy (non-hydrogen) atoms. The Labute approximate surface area is 203 Å². The van der Waals surface area contributed by atoms with E-state index in [1.54, 1.807) is 24.3 Å². The topological polar surface area (TPSA) is 70.1 Å². The van der Waals surface area contributed by atoms with E-state index >= 15 is 0 Å². The molecule has 2 saturated heterocycles. The molecular formula is C28H27FN2O4. The molecule has 0 saturated carbocycles. The molecule has 0 aliphatic carbocycles. The first-order valence-corrected chi connectivity index (χ1v) is 11.7. The molecule has 2 aliphatic rings. The number of carbonyl (C=O) groups is 2. The number of aliphatic hydroxyl groups excluding tert-OH is 1. The van der Waals surface area contributed by atoms with Gasteiger partial charge in [-0.2, -0.15) is 0 Å². The Morgan fingerprint density at radius 3 is 2.43 bits per heavy atom. The van der Waals surface area contributed by atoms with Gasteiger partial charge in [0.1, 0.15) is 5.82 Å². The SMILES string of the molecule is COC(=O)c1ccc(CN2CC(=O)N3[C@H](CO)[C@@H](c4ccc(-c5ccccc5F)cc4)[C@H]3C2)cc1. The van der Waals surface area contributed by atoms with E-state index in [0.717, 1.165) is 16.7 Å². The minimum atomic E-state index is -0.381. The molecule has 3 aromatic carbocycles. The van der Waals surface area contributed by atoms with Crippen LogP contribution in [0.15, 0.2) is 72.8 Å². The monoisotopic (exact) mass is 474 g/mol. The standard InChI is InChI=1S/C28H27FN2O4/c1-35-28(34)21-8-6-18(7-9-21)14-30-15-24-27(25(17-32)31(24)26(33)16-30)20-12-10-19(11-13-20)22-4-2-3-5-23(22)29/h2-13,24-25,27,32H,14-17H2,1H3/t24-,25-,27+/m1/s1. The molecule has 0 radical (unpaired) electrons. The fourth-order valence-electron chi connectivity index (χ4n) is 5.39. The van der Waals surface area contributed by atoms with E-state index in [-0.39, 0.29) is 48.8 Å². The largest absolute Gasteiger partial charge is 0.465 e. The van der Waals surface area contributed by atoms with Gasteiger partial charge in [-0.25, -0.2) is 9.18 Å². The van der Waals surface area contributed by atoms with Crippen LogP contribution in [0.2, 0.25) is 0 Å². The van der Waals surface area contributed by atoms with Gasteiger partial charge in [-0.3, -0.25) is 9.69 Å². The predicted octanol–water partition coefficient (Wildman–Crippen LogP) is 3.45. The van der Waals surface area contributed by atoms with E-state index in [2.05, 4.69) is 4.90 Å². The summed E-state index contributed by atoms with van der Waals surface area (Å²) in [6.07, 6.45) is 0. The Bertz CT molecular complexity index is 1230. The minimum absolute atomic E-state index is 0.00289. The molecule has 180 valence electrons. The fraction of sp³-hybridized carbons (Fsp3) is 0.286. The molecule has 3 atom stereocenters. The van der Waals surface area contributed by atoms with Gasteiger partial charge in [0.15, 0.2) is 0 Å². The Morgan fingerprint density at radius 2 is 1.77 bits per heavy atom. The number of hydrogen-bond donors (Lipinski definition) is 1. The van der Waals surface area contributed by atoms with Gasteiger partial charge in [0.05, 0.1) is 37.9 Å². The van der Waals surface area contributed by atoms with E-state index in [9.17, 15) is 19.1 Å². The normalized spacial score (nSPS) is 21.9. The summed E-state index contributed by atoms with van der Waals surface area (Å²) in [5.41, 5.74) is 3.86. The number of nitrogens with zero attached hydrogens (tertiary/aromatic N) is 2. The molecule has 0 spiro atoms. The fourth-order valence-corrected chi connectivity index (χ4v) is 5.39. The van der Waals surface area contributed by atoms with Crippen LogP contribution in [-0.4, -0.2) is 65.7 Å². The molecule has 0 bridgehead atoms. The third-order valence-corrected chi connectivity index (χ3v) is 7.08. The number of piperazine rings is 1. The van der Waals surface area contributed by atoms with Crippen molar-refractivity contribution < 1.29 is 23.8 Å². The van der Waals surface area contributed by atoms with Gasteiger partial charge in [0.2, 0.25) is 5.91 Å². The van der Waals surface area contributed by atoms with Crippen LogP contribution < -0.4 is 0 Å². The lowest BCUT2D eigenvalue weighted by molar-refractivity contribution is -0.162. The highest BCUT2D eigenvalue weighted by atomic mass is 19.1. The van der Waals surface area contributed by atoms with Crippen LogP contribution in [-0.2, 0) is 16.1 Å². The number of carbonyl (C=O) groups excluding carboxylic acids is 2. The molecule has 5 rings (SSSR count). The number of amides is 1. The number of rotatable bonds is 6. The predicted molar refractivity (Wildman–Crippen MR) is 129 cm³/mol. The maximum absolute atomic E-state index is 14.2. The molecule has 2 aliphatic heterocycles. The van der Waals surface area contributed by atoms with Crippen LogP contribution in [0.5, 0.6) is 0 Å². The molecule has 3 aromatic rings. The summed E-state index contributed by atoms with van der Waals surface area (Å²) >= 11 is 0. The van der Waals surface area contributed by atoms with Crippen molar-refractivity contribution >= 4 is 11.9 Å². The average molecular weight is 475 g/mol. The van der Waals surface area contributed by atoms with Crippen molar-refractivity contribution in [2.45, 2.75) is 24.5 Å². The van der Waals surface area contributed by atoms with Crippen molar-refractivity contribution in [1.82, 2.24) is 9.80 Å². The van der Waals surface area contributed by atoms with Crippen molar-refractivity contribution in [2.24, 2.45) is 0 Å². The second-order valence-corrected chi connectivity index (χ2v) is 9.10. The van der Waals surface area contributed by atoms with E-state index < -0.39 is 0 Å². The van der Waals surface area contributed by atoms with Gasteiger partial charge in [0.25, 0.3) is 0 Å². The van der Waals surface area contributed by atoms with Crippen molar-refractivity contribution in [3.8, 4) is 11.1 Å². The number of halogens is 1. The van der Waals surface area contributed by atoms with Crippen molar-refractivity contribution in [2.75, 3.05) is 26.8 Å². The van der Waals surface area contributed by atoms with Crippen LogP contribution in [0.25, 0.3) is 11.1 Å². The van der Waals surface area contributed by atoms with Crippen LogP contribution in [0.1, 0.15) is 27.4 Å². The lowest BCUT2D eigenvalue weighted by atomic mass is 9.73. The maximum atomic E-state index is 14.2. The number of ether oxygens (including phenoxy) is 1. The Morgan fingerprint density at radius 1 is 1.06 bits per heavy atom. The van der Waals surface area contributed by atoms with Gasteiger partial charge < -0.3 is 14.7 Å². The molecule has 1 N–H and O–H groups in total. The highest BCUT2D eigenvalue weighted by Crippen LogP contribution is 2.43. The second-order valence-electron chi connectivity index (χ2n) is 9.10. The van der Waals surface area contributed by atoms with E-state index in [1.807, 2.05) is 47.4 Å². The van der Waals surface area contributed by atoms with Gasteiger partial charge in [-0.15, -0.1) is 0 Å². The van der Waals surface area contributed by atoms with Gasteiger partial charge in [0, 0.05) is 24.6 Å². The Balaban J connectivity index is 1.32. The summed E-state index contributed by atoms with van der Waals surface area (Å²) in [7, 11) is 1.35. The summed E-state index contributed by atoms with van der Waals surface area (Å²) < 4.78 is 18.9.